The number of anilines is 1. The standard InChI is InChI=1S/C20H21NO4S/c1-23-15-5-7-16(8-6-15)26-13-19(22)21-14-4-9-17-18(12-14)25-20(24-17)10-2-3-11-20/h4-9,12H,2-3,10-11,13H2,1H3,(H,21,22). The molecule has 1 heterocycles. The number of carbonyl (C=O) groups excluding carboxylic acids is 1. The van der Waals surface area contributed by atoms with E-state index in [1.807, 2.05) is 42.5 Å². The first-order valence-electron chi connectivity index (χ1n) is 8.75. The molecule has 1 aliphatic heterocycles. The highest BCUT2D eigenvalue weighted by atomic mass is 32.2. The Morgan fingerprint density at radius 1 is 1.12 bits per heavy atom. The number of carbonyl (C=O) groups is 1. The average Bonchev–Trinajstić information content (AvgIpc) is 3.26. The predicted octanol–water partition coefficient (Wildman–Crippen LogP) is 4.47. The monoisotopic (exact) mass is 371 g/mol. The van der Waals surface area contributed by atoms with Gasteiger partial charge in [-0.05, 0) is 49.2 Å². The Balaban J connectivity index is 1.33. The average molecular weight is 371 g/mol. The molecule has 5 nitrogen and oxygen atoms in total. The number of methoxy groups -OCH3 is 1. The van der Waals surface area contributed by atoms with E-state index >= 15 is 0 Å². The number of nitrogens with one attached hydrogen (secondary N) is 1. The summed E-state index contributed by atoms with van der Waals surface area (Å²) in [5.74, 6) is 2.09. The number of thioether (sulfide) groups is 1. The van der Waals surface area contributed by atoms with E-state index < -0.39 is 5.79 Å². The van der Waals surface area contributed by atoms with Gasteiger partial charge in [0.15, 0.2) is 11.5 Å². The van der Waals surface area contributed by atoms with Crippen LogP contribution in [0.15, 0.2) is 47.4 Å². The number of rotatable bonds is 5. The molecule has 4 rings (SSSR count). The number of hydrogen-bond donors (Lipinski definition) is 1. The van der Waals surface area contributed by atoms with Crippen LogP contribution in [-0.2, 0) is 4.79 Å². The van der Waals surface area contributed by atoms with Gasteiger partial charge in [-0.1, -0.05) is 0 Å². The molecule has 0 aromatic heterocycles. The van der Waals surface area contributed by atoms with Crippen molar-refractivity contribution in [2.45, 2.75) is 36.4 Å². The number of amides is 1. The molecule has 6 heteroatoms. The van der Waals surface area contributed by atoms with Gasteiger partial charge < -0.3 is 19.5 Å². The zero-order valence-corrected chi connectivity index (χ0v) is 15.4. The van der Waals surface area contributed by atoms with Crippen molar-refractivity contribution in [3.63, 3.8) is 0 Å². The first-order valence-corrected chi connectivity index (χ1v) is 9.73. The Kier molecular flexibility index (Phi) is 4.68. The van der Waals surface area contributed by atoms with Crippen LogP contribution in [0.5, 0.6) is 17.2 Å². The zero-order chi connectivity index (χ0) is 18.0. The van der Waals surface area contributed by atoms with Crippen LogP contribution in [0.1, 0.15) is 25.7 Å². The van der Waals surface area contributed by atoms with Gasteiger partial charge in [-0.15, -0.1) is 11.8 Å². The van der Waals surface area contributed by atoms with Crippen LogP contribution in [-0.4, -0.2) is 24.6 Å². The summed E-state index contributed by atoms with van der Waals surface area (Å²) in [6.45, 7) is 0. The molecule has 2 aromatic carbocycles. The Bertz CT molecular complexity index is 800. The van der Waals surface area contributed by atoms with Crippen molar-refractivity contribution in [3.8, 4) is 17.2 Å². The van der Waals surface area contributed by atoms with Crippen LogP contribution in [0.2, 0.25) is 0 Å². The van der Waals surface area contributed by atoms with E-state index in [1.54, 1.807) is 7.11 Å². The molecular formula is C20H21NO4S. The van der Waals surface area contributed by atoms with Crippen molar-refractivity contribution in [2.24, 2.45) is 0 Å². The quantitative estimate of drug-likeness (QED) is 0.786. The summed E-state index contributed by atoms with van der Waals surface area (Å²) >= 11 is 1.48. The van der Waals surface area contributed by atoms with Crippen molar-refractivity contribution in [1.29, 1.82) is 0 Å². The molecular weight excluding hydrogens is 350 g/mol. The summed E-state index contributed by atoms with van der Waals surface area (Å²) in [6.07, 6.45) is 4.09. The summed E-state index contributed by atoms with van der Waals surface area (Å²) < 4.78 is 17.2. The topological polar surface area (TPSA) is 56.8 Å². The molecule has 0 saturated heterocycles. The minimum Gasteiger partial charge on any atom is -0.497 e. The van der Waals surface area contributed by atoms with Crippen molar-refractivity contribution in [3.05, 3.63) is 42.5 Å². The molecule has 2 aliphatic rings. The Morgan fingerprint density at radius 2 is 1.85 bits per heavy atom. The molecule has 0 bridgehead atoms. The number of hydrogen-bond acceptors (Lipinski definition) is 5. The van der Waals surface area contributed by atoms with Crippen LogP contribution >= 0.6 is 11.8 Å². The largest absolute Gasteiger partial charge is 0.497 e. The van der Waals surface area contributed by atoms with Crippen molar-refractivity contribution < 1.29 is 19.0 Å². The number of ether oxygens (including phenoxy) is 3. The number of fused-ring (bicyclic) bond motifs is 1. The highest BCUT2D eigenvalue weighted by molar-refractivity contribution is 8.00. The lowest BCUT2D eigenvalue weighted by molar-refractivity contribution is -0.113. The van der Waals surface area contributed by atoms with Crippen LogP contribution < -0.4 is 19.5 Å². The summed E-state index contributed by atoms with van der Waals surface area (Å²) in [5, 5.41) is 2.92. The van der Waals surface area contributed by atoms with Gasteiger partial charge >= 0.3 is 0 Å². The summed E-state index contributed by atoms with van der Waals surface area (Å²) in [4.78, 5) is 13.3. The molecule has 0 atom stereocenters. The van der Waals surface area contributed by atoms with E-state index in [-0.39, 0.29) is 5.91 Å². The van der Waals surface area contributed by atoms with Gasteiger partial charge in [0.05, 0.1) is 12.9 Å². The van der Waals surface area contributed by atoms with E-state index in [4.69, 9.17) is 14.2 Å². The SMILES string of the molecule is COc1ccc(SCC(=O)Nc2ccc3c(c2)OC2(CCCC2)O3)cc1. The lowest BCUT2D eigenvalue weighted by atomic mass is 10.2. The normalized spacial score (nSPS) is 16.7. The molecule has 1 amide bonds. The van der Waals surface area contributed by atoms with Gasteiger partial charge in [-0.25, -0.2) is 0 Å². The first-order chi connectivity index (χ1) is 12.7. The molecule has 1 fully saturated rings. The predicted molar refractivity (Wildman–Crippen MR) is 101 cm³/mol. The summed E-state index contributed by atoms with van der Waals surface area (Å²) in [6, 6.07) is 13.2. The minimum absolute atomic E-state index is 0.0553. The molecule has 26 heavy (non-hydrogen) atoms. The number of benzene rings is 2. The maximum Gasteiger partial charge on any atom is 0.251 e. The third-order valence-corrected chi connectivity index (χ3v) is 5.63. The fraction of sp³-hybridized carbons (Fsp3) is 0.350. The maximum absolute atomic E-state index is 12.2. The van der Waals surface area contributed by atoms with Gasteiger partial charge in [0.1, 0.15) is 5.75 Å². The molecule has 0 radical (unpaired) electrons. The van der Waals surface area contributed by atoms with Crippen LogP contribution in [0.4, 0.5) is 5.69 Å². The van der Waals surface area contributed by atoms with E-state index in [0.29, 0.717) is 11.5 Å². The van der Waals surface area contributed by atoms with Crippen LogP contribution in [0.3, 0.4) is 0 Å². The zero-order valence-electron chi connectivity index (χ0n) is 14.6. The second-order valence-electron chi connectivity index (χ2n) is 6.50. The van der Waals surface area contributed by atoms with Gasteiger partial charge in [-0.2, -0.15) is 0 Å². The molecule has 1 saturated carbocycles. The van der Waals surface area contributed by atoms with E-state index in [9.17, 15) is 4.79 Å². The molecule has 0 unspecified atom stereocenters. The second kappa shape index (κ2) is 7.11. The van der Waals surface area contributed by atoms with E-state index in [0.717, 1.165) is 47.8 Å². The van der Waals surface area contributed by atoms with Gasteiger partial charge in [-0.3, -0.25) is 4.79 Å². The van der Waals surface area contributed by atoms with Crippen molar-refractivity contribution in [1.82, 2.24) is 0 Å². The highest BCUT2D eigenvalue weighted by Gasteiger charge is 2.44. The maximum atomic E-state index is 12.2. The van der Waals surface area contributed by atoms with Gasteiger partial charge in [0.2, 0.25) is 5.91 Å². The highest BCUT2D eigenvalue weighted by Crippen LogP contribution is 2.47. The molecule has 1 aliphatic carbocycles. The smallest absolute Gasteiger partial charge is 0.251 e. The Morgan fingerprint density at radius 3 is 2.58 bits per heavy atom. The third-order valence-electron chi connectivity index (χ3n) is 4.61. The minimum atomic E-state index is -0.477. The van der Waals surface area contributed by atoms with Crippen LogP contribution in [0, 0.1) is 0 Å². The Labute approximate surface area is 157 Å². The Hall–Kier alpha value is -2.34. The summed E-state index contributed by atoms with van der Waals surface area (Å²) in [7, 11) is 1.63. The van der Waals surface area contributed by atoms with Crippen molar-refractivity contribution >= 4 is 23.4 Å². The van der Waals surface area contributed by atoms with Gasteiger partial charge in [0.25, 0.3) is 5.79 Å². The van der Waals surface area contributed by atoms with E-state index in [2.05, 4.69) is 5.32 Å². The third kappa shape index (κ3) is 3.60. The lowest BCUT2D eigenvalue weighted by Gasteiger charge is -2.21. The fourth-order valence-electron chi connectivity index (χ4n) is 3.31. The molecule has 2 aromatic rings. The lowest BCUT2D eigenvalue weighted by Crippen LogP contribution is -2.34. The van der Waals surface area contributed by atoms with E-state index in [1.165, 1.54) is 11.8 Å². The first kappa shape index (κ1) is 17.1. The van der Waals surface area contributed by atoms with Gasteiger partial charge in [0, 0.05) is 29.5 Å². The van der Waals surface area contributed by atoms with Crippen LogP contribution in [0.25, 0.3) is 0 Å². The molecule has 136 valence electrons. The fourth-order valence-corrected chi connectivity index (χ4v) is 4.01. The van der Waals surface area contributed by atoms with Crippen molar-refractivity contribution in [2.75, 3.05) is 18.2 Å². The molecule has 1 spiro atoms. The second-order valence-corrected chi connectivity index (χ2v) is 7.54. The summed E-state index contributed by atoms with van der Waals surface area (Å²) in [5.41, 5.74) is 0.725. The molecule has 1 N–H and O–H groups in total.